The molecule has 2 amide bonds. The topological polar surface area (TPSA) is 105 Å². The van der Waals surface area contributed by atoms with Gasteiger partial charge in [-0.3, -0.25) is 14.4 Å². The number of nitrogens with one attached hydrogen (secondary N) is 2. The highest BCUT2D eigenvalue weighted by atomic mass is 32.1. The van der Waals surface area contributed by atoms with Crippen LogP contribution in [0.25, 0.3) is 10.4 Å². The van der Waals surface area contributed by atoms with Crippen LogP contribution < -0.4 is 10.6 Å². The van der Waals surface area contributed by atoms with Crippen LogP contribution in [-0.2, 0) is 20.7 Å². The van der Waals surface area contributed by atoms with Gasteiger partial charge in [-0.1, -0.05) is 30.3 Å². The summed E-state index contributed by atoms with van der Waals surface area (Å²) in [7, 11) is 0. The summed E-state index contributed by atoms with van der Waals surface area (Å²) >= 11 is 1.61. The van der Waals surface area contributed by atoms with E-state index < -0.39 is 29.5 Å². The number of phenolic OH excluding ortho intramolecular Hbond substituents is 1. The number of ketones is 1. The predicted molar refractivity (Wildman–Crippen MR) is 130 cm³/mol. The quantitative estimate of drug-likeness (QED) is 0.483. The summed E-state index contributed by atoms with van der Waals surface area (Å²) in [5, 5.41) is 17.4. The van der Waals surface area contributed by atoms with Crippen molar-refractivity contribution in [3.05, 3.63) is 77.2 Å². The first-order valence-corrected chi connectivity index (χ1v) is 11.8. The largest absolute Gasteiger partial charge is 0.508 e. The minimum atomic E-state index is -1.18. The van der Waals surface area contributed by atoms with Gasteiger partial charge in [-0.2, -0.15) is 0 Å². The molecule has 0 radical (unpaired) electrons. The molecule has 2 heterocycles. The molecule has 1 aromatic heterocycles. The van der Waals surface area contributed by atoms with Gasteiger partial charge in [0, 0.05) is 16.9 Å². The fraction of sp³-hybridized carbons (Fsp3) is 0.269. The molecule has 0 aliphatic carbocycles. The van der Waals surface area contributed by atoms with Crippen molar-refractivity contribution >= 4 is 28.9 Å². The van der Waals surface area contributed by atoms with Crippen LogP contribution in [0.5, 0.6) is 5.75 Å². The lowest BCUT2D eigenvalue weighted by Crippen LogP contribution is -2.60. The Hall–Kier alpha value is -3.49. The zero-order chi connectivity index (χ0) is 24.3. The van der Waals surface area contributed by atoms with Crippen LogP contribution in [0, 0.1) is 0 Å². The molecule has 3 N–H and O–H groups in total. The number of amides is 2. The molecule has 4 rings (SSSR count). The Morgan fingerprint density at radius 1 is 1.18 bits per heavy atom. The fourth-order valence-corrected chi connectivity index (χ4v) is 4.59. The molecule has 2 aromatic carbocycles. The van der Waals surface area contributed by atoms with Crippen molar-refractivity contribution in [1.82, 2.24) is 10.6 Å². The maximum atomic E-state index is 13.3. The van der Waals surface area contributed by atoms with E-state index >= 15 is 0 Å². The number of benzene rings is 2. The zero-order valence-corrected chi connectivity index (χ0v) is 19.7. The maximum absolute atomic E-state index is 13.3. The van der Waals surface area contributed by atoms with Gasteiger partial charge in [-0.25, -0.2) is 0 Å². The van der Waals surface area contributed by atoms with E-state index in [-0.39, 0.29) is 24.6 Å². The summed E-state index contributed by atoms with van der Waals surface area (Å²) in [6.07, 6.45) is -0.357. The number of phenols is 1. The lowest BCUT2D eigenvalue weighted by Gasteiger charge is -2.30. The summed E-state index contributed by atoms with van der Waals surface area (Å²) < 4.78 is 5.40. The first-order chi connectivity index (χ1) is 16.3. The first-order valence-electron chi connectivity index (χ1n) is 11.0. The lowest BCUT2D eigenvalue weighted by atomic mass is 9.92. The maximum Gasteiger partial charge on any atom is 0.251 e. The third kappa shape index (κ3) is 5.03. The third-order valence-corrected chi connectivity index (χ3v) is 7.08. The van der Waals surface area contributed by atoms with Gasteiger partial charge in [-0.15, -0.1) is 11.3 Å². The van der Waals surface area contributed by atoms with Crippen molar-refractivity contribution < 1.29 is 24.2 Å². The zero-order valence-electron chi connectivity index (χ0n) is 18.9. The molecule has 0 bridgehead atoms. The Balaban J connectivity index is 1.54. The second-order valence-electron chi connectivity index (χ2n) is 8.52. The molecule has 3 atom stereocenters. The lowest BCUT2D eigenvalue weighted by molar-refractivity contribution is -0.130. The number of Topliss-reactive ketones (excluding diaryl/α,β-unsaturated/α-hetero) is 1. The molecule has 1 fully saturated rings. The Bertz CT molecular complexity index is 1190. The molecule has 176 valence electrons. The van der Waals surface area contributed by atoms with Gasteiger partial charge in [0.2, 0.25) is 5.91 Å². The number of hydrogen-bond acceptors (Lipinski definition) is 6. The fourth-order valence-electron chi connectivity index (χ4n) is 3.86. The number of rotatable bonds is 7. The normalized spacial score (nSPS) is 20.6. The molecule has 1 aliphatic heterocycles. The van der Waals surface area contributed by atoms with E-state index in [1.807, 2.05) is 29.6 Å². The monoisotopic (exact) mass is 478 g/mol. The number of carbonyl (C=O) groups is 3. The van der Waals surface area contributed by atoms with E-state index in [0.717, 1.165) is 10.4 Å². The van der Waals surface area contributed by atoms with Crippen molar-refractivity contribution in [2.75, 3.05) is 6.61 Å². The van der Waals surface area contributed by atoms with E-state index in [1.54, 1.807) is 49.4 Å². The second kappa shape index (κ2) is 9.79. The van der Waals surface area contributed by atoms with Crippen LogP contribution >= 0.6 is 11.3 Å². The van der Waals surface area contributed by atoms with Crippen LogP contribution in [0.15, 0.2) is 66.0 Å². The summed E-state index contributed by atoms with van der Waals surface area (Å²) in [4.78, 5) is 39.8. The molecule has 1 saturated heterocycles. The SMILES string of the molecule is CC1OCC(=O)C1(C)NC(=O)C(Cc1cccc(O)c1)NC(=O)c1ccc(-c2cccs2)cc1. The Morgan fingerprint density at radius 2 is 1.94 bits per heavy atom. The molecular weight excluding hydrogens is 452 g/mol. The number of thiophene rings is 1. The molecule has 7 nitrogen and oxygen atoms in total. The van der Waals surface area contributed by atoms with E-state index in [2.05, 4.69) is 10.6 Å². The number of aromatic hydroxyl groups is 1. The summed E-state index contributed by atoms with van der Waals surface area (Å²) in [6, 6.07) is 16.7. The van der Waals surface area contributed by atoms with Crippen molar-refractivity contribution in [1.29, 1.82) is 0 Å². The summed E-state index contributed by atoms with van der Waals surface area (Å²) in [5.41, 5.74) is 0.901. The highest BCUT2D eigenvalue weighted by Crippen LogP contribution is 2.25. The molecule has 34 heavy (non-hydrogen) atoms. The smallest absolute Gasteiger partial charge is 0.251 e. The predicted octanol–water partition coefficient (Wildman–Crippen LogP) is 3.32. The Kier molecular flexibility index (Phi) is 6.81. The number of hydrogen-bond donors (Lipinski definition) is 3. The van der Waals surface area contributed by atoms with Gasteiger partial charge in [0.15, 0.2) is 5.78 Å². The highest BCUT2D eigenvalue weighted by Gasteiger charge is 2.47. The van der Waals surface area contributed by atoms with Gasteiger partial charge in [0.25, 0.3) is 5.91 Å². The van der Waals surface area contributed by atoms with E-state index in [0.29, 0.717) is 11.1 Å². The molecule has 0 saturated carbocycles. The minimum Gasteiger partial charge on any atom is -0.508 e. The average Bonchev–Trinajstić information content (AvgIpc) is 3.44. The van der Waals surface area contributed by atoms with Crippen LogP contribution in [-0.4, -0.2) is 47.0 Å². The van der Waals surface area contributed by atoms with Crippen LogP contribution in [0.2, 0.25) is 0 Å². The molecule has 3 aromatic rings. The van der Waals surface area contributed by atoms with Gasteiger partial charge in [0.1, 0.15) is 23.9 Å². The standard InChI is InChI=1S/C26H26N2O5S/c1-16-26(2,23(30)15-33-16)28-25(32)21(14-17-5-3-6-20(29)13-17)27-24(31)19-10-8-18(9-11-19)22-7-4-12-34-22/h3-13,16,21,29H,14-15H2,1-2H3,(H,27,31)(H,28,32). The van der Waals surface area contributed by atoms with Crippen molar-refractivity contribution in [3.63, 3.8) is 0 Å². The van der Waals surface area contributed by atoms with Crippen LogP contribution in [0.3, 0.4) is 0 Å². The highest BCUT2D eigenvalue weighted by molar-refractivity contribution is 7.13. The molecule has 1 aliphatic rings. The van der Waals surface area contributed by atoms with E-state index in [1.165, 1.54) is 12.1 Å². The average molecular weight is 479 g/mol. The number of carbonyl (C=O) groups excluding carboxylic acids is 3. The molecule has 8 heteroatoms. The molecular formula is C26H26N2O5S. The van der Waals surface area contributed by atoms with Gasteiger partial charge < -0.3 is 20.5 Å². The Labute approximate surface area is 201 Å². The number of ether oxygens (including phenoxy) is 1. The van der Waals surface area contributed by atoms with Crippen molar-refractivity contribution in [2.24, 2.45) is 0 Å². The van der Waals surface area contributed by atoms with Crippen molar-refractivity contribution in [2.45, 2.75) is 38.0 Å². The van der Waals surface area contributed by atoms with Gasteiger partial charge in [0.05, 0.1) is 6.10 Å². The van der Waals surface area contributed by atoms with Crippen LogP contribution in [0.1, 0.15) is 29.8 Å². The Morgan fingerprint density at radius 3 is 2.56 bits per heavy atom. The van der Waals surface area contributed by atoms with Crippen molar-refractivity contribution in [3.8, 4) is 16.2 Å². The van der Waals surface area contributed by atoms with Gasteiger partial charge in [-0.05, 0) is 60.7 Å². The summed E-state index contributed by atoms with van der Waals surface area (Å²) in [6.45, 7) is 3.28. The first kappa shape index (κ1) is 23.7. The van der Waals surface area contributed by atoms with E-state index in [9.17, 15) is 19.5 Å². The third-order valence-electron chi connectivity index (χ3n) is 6.16. The summed E-state index contributed by atoms with van der Waals surface area (Å²) in [5.74, 6) is -1.07. The van der Waals surface area contributed by atoms with Gasteiger partial charge >= 0.3 is 0 Å². The molecule has 3 unspecified atom stereocenters. The van der Waals surface area contributed by atoms with E-state index in [4.69, 9.17) is 4.74 Å². The second-order valence-corrected chi connectivity index (χ2v) is 9.47. The van der Waals surface area contributed by atoms with Crippen LogP contribution in [0.4, 0.5) is 0 Å². The minimum absolute atomic E-state index is 0.0621. The molecule has 0 spiro atoms.